The molecule has 0 aliphatic carbocycles. The maximum atomic E-state index is 11.7. The monoisotopic (exact) mass is 271 g/mol. The zero-order valence-electron chi connectivity index (χ0n) is 10.2. The van der Waals surface area contributed by atoms with Crippen molar-refractivity contribution < 1.29 is 9.59 Å². The van der Waals surface area contributed by atoms with E-state index in [-0.39, 0.29) is 17.6 Å². The van der Waals surface area contributed by atoms with Crippen LogP contribution in [0.15, 0.2) is 65.6 Å². The highest BCUT2D eigenvalue weighted by Crippen LogP contribution is 2.16. The minimum atomic E-state index is -0.362. The minimum Gasteiger partial charge on any atom is -0.292 e. The Morgan fingerprint density at radius 2 is 1.47 bits per heavy atom. The zero-order valence-corrected chi connectivity index (χ0v) is 11.0. The highest BCUT2D eigenvalue weighted by atomic mass is 32.2. The summed E-state index contributed by atoms with van der Waals surface area (Å²) in [5, 5.41) is 2.37. The second-order valence-corrected chi connectivity index (χ2v) is 4.89. The second-order valence-electron chi connectivity index (χ2n) is 3.85. The number of thioether (sulfide) groups is 1. The summed E-state index contributed by atoms with van der Waals surface area (Å²) >= 11 is 1.40. The molecule has 0 heterocycles. The van der Waals surface area contributed by atoms with Gasteiger partial charge in [-0.15, -0.1) is 11.8 Å². The Kier molecular flexibility index (Phi) is 4.75. The van der Waals surface area contributed by atoms with E-state index in [9.17, 15) is 9.59 Å². The van der Waals surface area contributed by atoms with Gasteiger partial charge in [-0.1, -0.05) is 36.4 Å². The lowest BCUT2D eigenvalue weighted by Gasteiger charge is -2.04. The molecule has 0 aliphatic heterocycles. The van der Waals surface area contributed by atoms with Gasteiger partial charge in [-0.05, 0) is 24.3 Å². The molecule has 2 amide bonds. The number of nitrogens with one attached hydrogen (secondary N) is 1. The summed E-state index contributed by atoms with van der Waals surface area (Å²) in [4.78, 5) is 24.4. The molecule has 0 atom stereocenters. The quantitative estimate of drug-likeness (QED) is 0.870. The van der Waals surface area contributed by atoms with E-state index < -0.39 is 0 Å². The predicted molar refractivity (Wildman–Crippen MR) is 76.1 cm³/mol. The van der Waals surface area contributed by atoms with Crippen molar-refractivity contribution in [3.05, 3.63) is 66.2 Å². The van der Waals surface area contributed by atoms with Crippen LogP contribution >= 0.6 is 11.8 Å². The summed E-state index contributed by atoms with van der Waals surface area (Å²) in [6, 6.07) is 18.3. The Morgan fingerprint density at radius 3 is 2.11 bits per heavy atom. The van der Waals surface area contributed by atoms with E-state index in [1.807, 2.05) is 36.4 Å². The number of carbonyl (C=O) groups excluding carboxylic acids is 2. The van der Waals surface area contributed by atoms with Gasteiger partial charge in [-0.25, -0.2) is 0 Å². The molecule has 0 saturated heterocycles. The Morgan fingerprint density at radius 1 is 0.895 bits per heavy atom. The van der Waals surface area contributed by atoms with Crippen LogP contribution in [0.3, 0.4) is 0 Å². The highest BCUT2D eigenvalue weighted by molar-refractivity contribution is 8.00. The maximum absolute atomic E-state index is 11.7. The lowest BCUT2D eigenvalue weighted by atomic mass is 10.2. The molecule has 0 fully saturated rings. The molecular formula is C15H13NO2S. The number of carbonyl (C=O) groups is 2. The molecular weight excluding hydrogens is 258 g/mol. The molecule has 0 saturated carbocycles. The number of hydrogen-bond acceptors (Lipinski definition) is 3. The van der Waals surface area contributed by atoms with Gasteiger partial charge in [-0.3, -0.25) is 14.9 Å². The van der Waals surface area contributed by atoms with E-state index in [0.29, 0.717) is 5.56 Å². The first-order valence-electron chi connectivity index (χ1n) is 5.83. The molecule has 2 rings (SSSR count). The average Bonchev–Trinajstić information content (AvgIpc) is 2.47. The van der Waals surface area contributed by atoms with Crippen LogP contribution in [0, 0.1) is 0 Å². The molecule has 1 N–H and O–H groups in total. The third kappa shape index (κ3) is 4.26. The largest absolute Gasteiger partial charge is 0.292 e. The van der Waals surface area contributed by atoms with E-state index in [0.717, 1.165) is 4.90 Å². The van der Waals surface area contributed by atoms with Crippen molar-refractivity contribution in [3.8, 4) is 0 Å². The van der Waals surface area contributed by atoms with Gasteiger partial charge in [-0.2, -0.15) is 0 Å². The van der Waals surface area contributed by atoms with Gasteiger partial charge in [0.1, 0.15) is 0 Å². The molecule has 19 heavy (non-hydrogen) atoms. The highest BCUT2D eigenvalue weighted by Gasteiger charge is 2.09. The number of hydrogen-bond donors (Lipinski definition) is 1. The number of rotatable bonds is 4. The number of amides is 2. The Hall–Kier alpha value is -2.07. The fraction of sp³-hybridized carbons (Fsp3) is 0.0667. The first-order valence-corrected chi connectivity index (χ1v) is 6.81. The van der Waals surface area contributed by atoms with Crippen LogP contribution in [0.1, 0.15) is 10.4 Å². The van der Waals surface area contributed by atoms with Gasteiger partial charge in [0, 0.05) is 10.5 Å². The van der Waals surface area contributed by atoms with Gasteiger partial charge in [0.15, 0.2) is 0 Å². The molecule has 2 aromatic rings. The van der Waals surface area contributed by atoms with E-state index in [2.05, 4.69) is 5.32 Å². The summed E-state index contributed by atoms with van der Waals surface area (Å²) < 4.78 is 0. The standard InChI is InChI=1S/C15H13NO2S/c17-14(11-19-13-9-5-2-6-10-13)16-15(18)12-7-3-1-4-8-12/h1-10H,11H2,(H,16,17,18). The first kappa shape index (κ1) is 13.4. The SMILES string of the molecule is O=C(CSc1ccccc1)NC(=O)c1ccccc1. The van der Waals surface area contributed by atoms with E-state index >= 15 is 0 Å². The molecule has 0 radical (unpaired) electrons. The van der Waals surface area contributed by atoms with Crippen molar-refractivity contribution in [2.24, 2.45) is 0 Å². The molecule has 0 aliphatic rings. The van der Waals surface area contributed by atoms with E-state index in [1.54, 1.807) is 24.3 Å². The lowest BCUT2D eigenvalue weighted by molar-refractivity contribution is -0.117. The van der Waals surface area contributed by atoms with Crippen molar-refractivity contribution >= 4 is 23.6 Å². The van der Waals surface area contributed by atoms with Gasteiger partial charge in [0.2, 0.25) is 5.91 Å². The van der Waals surface area contributed by atoms with E-state index in [1.165, 1.54) is 11.8 Å². The normalized spacial score (nSPS) is 9.89. The maximum Gasteiger partial charge on any atom is 0.257 e. The third-order valence-corrected chi connectivity index (χ3v) is 3.41. The van der Waals surface area contributed by atoms with E-state index in [4.69, 9.17) is 0 Å². The van der Waals surface area contributed by atoms with Crippen LogP contribution in [0.25, 0.3) is 0 Å². The molecule has 4 heteroatoms. The fourth-order valence-electron chi connectivity index (χ4n) is 1.49. The first-order chi connectivity index (χ1) is 9.25. The van der Waals surface area contributed by atoms with Gasteiger partial charge >= 0.3 is 0 Å². The summed E-state index contributed by atoms with van der Waals surface area (Å²) in [5.41, 5.74) is 0.487. The van der Waals surface area contributed by atoms with Gasteiger partial charge in [0.25, 0.3) is 5.91 Å². The molecule has 3 nitrogen and oxygen atoms in total. The Labute approximate surface area is 116 Å². The fourth-order valence-corrected chi connectivity index (χ4v) is 2.21. The van der Waals surface area contributed by atoms with Crippen LogP contribution in [0.4, 0.5) is 0 Å². The number of imide groups is 1. The van der Waals surface area contributed by atoms with Crippen molar-refractivity contribution in [1.82, 2.24) is 5.32 Å². The van der Waals surface area contributed by atoms with Crippen molar-refractivity contribution in [2.45, 2.75) is 4.90 Å². The topological polar surface area (TPSA) is 46.2 Å². The third-order valence-electron chi connectivity index (χ3n) is 2.40. The van der Waals surface area contributed by atoms with Crippen LogP contribution in [-0.2, 0) is 4.79 Å². The minimum absolute atomic E-state index is 0.225. The van der Waals surface area contributed by atoms with Crippen molar-refractivity contribution in [2.75, 3.05) is 5.75 Å². The van der Waals surface area contributed by atoms with Crippen molar-refractivity contribution in [3.63, 3.8) is 0 Å². The second kappa shape index (κ2) is 6.75. The predicted octanol–water partition coefficient (Wildman–Crippen LogP) is 2.74. The molecule has 0 bridgehead atoms. The van der Waals surface area contributed by atoms with Gasteiger partial charge < -0.3 is 0 Å². The number of benzene rings is 2. The summed E-state index contributed by atoms with van der Waals surface area (Å²) in [7, 11) is 0. The summed E-state index contributed by atoms with van der Waals surface area (Å²) in [6.45, 7) is 0. The lowest BCUT2D eigenvalue weighted by Crippen LogP contribution is -2.31. The van der Waals surface area contributed by atoms with Crippen LogP contribution in [0.5, 0.6) is 0 Å². The Bertz CT molecular complexity index is 555. The summed E-state index contributed by atoms with van der Waals surface area (Å²) in [6.07, 6.45) is 0. The smallest absolute Gasteiger partial charge is 0.257 e. The molecule has 0 unspecified atom stereocenters. The Balaban J connectivity index is 1.83. The van der Waals surface area contributed by atoms with Crippen LogP contribution in [-0.4, -0.2) is 17.6 Å². The average molecular weight is 271 g/mol. The zero-order chi connectivity index (χ0) is 13.5. The van der Waals surface area contributed by atoms with Crippen LogP contribution < -0.4 is 5.32 Å². The molecule has 96 valence electrons. The molecule has 2 aromatic carbocycles. The molecule has 0 spiro atoms. The van der Waals surface area contributed by atoms with Crippen LogP contribution in [0.2, 0.25) is 0 Å². The molecule has 0 aromatic heterocycles. The van der Waals surface area contributed by atoms with Gasteiger partial charge in [0.05, 0.1) is 5.75 Å². The summed E-state index contributed by atoms with van der Waals surface area (Å²) in [5.74, 6) is -0.426. The van der Waals surface area contributed by atoms with Crippen molar-refractivity contribution in [1.29, 1.82) is 0 Å².